The van der Waals surface area contributed by atoms with E-state index < -0.39 is 0 Å². The van der Waals surface area contributed by atoms with Gasteiger partial charge in [-0.25, -0.2) is 0 Å². The van der Waals surface area contributed by atoms with Crippen LogP contribution >= 0.6 is 0 Å². The summed E-state index contributed by atoms with van der Waals surface area (Å²) in [5.74, 6) is 0. The summed E-state index contributed by atoms with van der Waals surface area (Å²) in [4.78, 5) is 4.40. The van der Waals surface area contributed by atoms with E-state index >= 15 is 0 Å². The Balaban J connectivity index is 1.93. The molecule has 0 saturated carbocycles. The van der Waals surface area contributed by atoms with Gasteiger partial charge in [0, 0.05) is 13.1 Å². The minimum Gasteiger partial charge on any atom is -0.334 e. The van der Waals surface area contributed by atoms with Gasteiger partial charge >= 0.3 is 0 Å². The van der Waals surface area contributed by atoms with E-state index in [1.807, 2.05) is 18.2 Å². The molecule has 3 nitrogen and oxygen atoms in total. The molecule has 1 atom stereocenters. The molecule has 0 amide bonds. The van der Waals surface area contributed by atoms with Gasteiger partial charge in [0.15, 0.2) is 6.29 Å². The lowest BCUT2D eigenvalue weighted by Gasteiger charge is -2.29. The van der Waals surface area contributed by atoms with Crippen LogP contribution in [0.15, 0.2) is 67.3 Å². The normalized spacial score (nSPS) is 17.1. The van der Waals surface area contributed by atoms with Crippen molar-refractivity contribution in [2.45, 2.75) is 12.8 Å². The van der Waals surface area contributed by atoms with E-state index in [1.165, 1.54) is 16.9 Å². The number of nitrogens with zero attached hydrogens (tertiary/aromatic N) is 2. The van der Waals surface area contributed by atoms with E-state index in [2.05, 4.69) is 58.8 Å². The maximum atomic E-state index is 6.41. The molecule has 102 valence electrons. The SMILES string of the molecule is C=CCN1c2ccccc2N(Cc2ccccc2)C1N. The minimum atomic E-state index is -0.148. The van der Waals surface area contributed by atoms with Crippen LogP contribution in [0.4, 0.5) is 11.4 Å². The zero-order chi connectivity index (χ0) is 13.9. The first-order valence-corrected chi connectivity index (χ1v) is 6.84. The molecule has 2 aromatic carbocycles. The molecule has 1 aliphatic heterocycles. The standard InChI is InChI=1S/C17H19N3/c1-2-12-19-15-10-6-7-11-16(15)20(17(19)18)13-14-8-4-3-5-9-14/h2-11,17H,1,12-13,18H2. The van der Waals surface area contributed by atoms with Crippen LogP contribution in [-0.2, 0) is 6.54 Å². The highest BCUT2D eigenvalue weighted by molar-refractivity contribution is 5.77. The van der Waals surface area contributed by atoms with E-state index in [9.17, 15) is 0 Å². The van der Waals surface area contributed by atoms with Crippen LogP contribution in [0.2, 0.25) is 0 Å². The Morgan fingerprint density at radius 3 is 2.20 bits per heavy atom. The van der Waals surface area contributed by atoms with Crippen LogP contribution in [0.1, 0.15) is 5.56 Å². The maximum Gasteiger partial charge on any atom is 0.156 e. The van der Waals surface area contributed by atoms with Crippen LogP contribution in [0.3, 0.4) is 0 Å². The van der Waals surface area contributed by atoms with E-state index in [-0.39, 0.29) is 6.29 Å². The Bertz CT molecular complexity index is 594. The molecule has 0 radical (unpaired) electrons. The summed E-state index contributed by atoms with van der Waals surface area (Å²) in [6.45, 7) is 5.39. The third-order valence-electron chi connectivity index (χ3n) is 3.66. The zero-order valence-electron chi connectivity index (χ0n) is 11.4. The predicted octanol–water partition coefficient (Wildman–Crippen LogP) is 2.94. The molecule has 2 N–H and O–H groups in total. The smallest absolute Gasteiger partial charge is 0.156 e. The summed E-state index contributed by atoms with van der Waals surface area (Å²) >= 11 is 0. The van der Waals surface area contributed by atoms with E-state index in [1.54, 1.807) is 0 Å². The predicted molar refractivity (Wildman–Crippen MR) is 84.6 cm³/mol. The van der Waals surface area contributed by atoms with Crippen molar-refractivity contribution in [3.05, 3.63) is 72.8 Å². The van der Waals surface area contributed by atoms with Crippen molar-refractivity contribution in [1.82, 2.24) is 0 Å². The molecule has 1 unspecified atom stereocenters. The number of hydrogen-bond donors (Lipinski definition) is 1. The molecule has 20 heavy (non-hydrogen) atoms. The highest BCUT2D eigenvalue weighted by Gasteiger charge is 2.31. The average molecular weight is 265 g/mol. The fourth-order valence-electron chi connectivity index (χ4n) is 2.71. The highest BCUT2D eigenvalue weighted by atomic mass is 15.5. The molecule has 0 spiro atoms. The topological polar surface area (TPSA) is 32.5 Å². The van der Waals surface area contributed by atoms with E-state index in [4.69, 9.17) is 5.73 Å². The Labute approximate surface area is 119 Å². The first-order chi connectivity index (χ1) is 9.81. The van der Waals surface area contributed by atoms with Gasteiger partial charge in [0.05, 0.1) is 11.4 Å². The quantitative estimate of drug-likeness (QED) is 0.863. The number of rotatable bonds is 4. The molecular weight excluding hydrogens is 246 g/mol. The van der Waals surface area contributed by atoms with Gasteiger partial charge in [0.2, 0.25) is 0 Å². The average Bonchev–Trinajstić information content (AvgIpc) is 2.75. The molecule has 3 rings (SSSR count). The Morgan fingerprint density at radius 1 is 0.950 bits per heavy atom. The second kappa shape index (κ2) is 5.39. The first-order valence-electron chi connectivity index (χ1n) is 6.84. The number of benzene rings is 2. The van der Waals surface area contributed by atoms with Crippen LogP contribution in [0.25, 0.3) is 0 Å². The summed E-state index contributed by atoms with van der Waals surface area (Å²) in [7, 11) is 0. The van der Waals surface area contributed by atoms with Crippen molar-refractivity contribution < 1.29 is 0 Å². The number of anilines is 2. The van der Waals surface area contributed by atoms with Crippen molar-refractivity contribution in [3.63, 3.8) is 0 Å². The summed E-state index contributed by atoms with van der Waals surface area (Å²) in [6, 6.07) is 18.8. The lowest BCUT2D eigenvalue weighted by Crippen LogP contribution is -2.49. The molecule has 0 aliphatic carbocycles. The van der Waals surface area contributed by atoms with Gasteiger partial charge in [-0.15, -0.1) is 6.58 Å². The van der Waals surface area contributed by atoms with Gasteiger partial charge in [-0.3, -0.25) is 5.73 Å². The third-order valence-corrected chi connectivity index (χ3v) is 3.66. The second-order valence-electron chi connectivity index (χ2n) is 4.96. The van der Waals surface area contributed by atoms with Crippen molar-refractivity contribution >= 4 is 11.4 Å². The van der Waals surface area contributed by atoms with Crippen LogP contribution < -0.4 is 15.5 Å². The lowest BCUT2D eigenvalue weighted by molar-refractivity contribution is 0.615. The van der Waals surface area contributed by atoms with E-state index in [0.717, 1.165) is 13.1 Å². The number of fused-ring (bicyclic) bond motifs is 1. The monoisotopic (exact) mass is 265 g/mol. The first kappa shape index (κ1) is 12.8. The molecular formula is C17H19N3. The largest absolute Gasteiger partial charge is 0.334 e. The van der Waals surface area contributed by atoms with Crippen molar-refractivity contribution in [1.29, 1.82) is 0 Å². The molecule has 1 heterocycles. The molecule has 0 saturated heterocycles. The molecule has 0 fully saturated rings. The van der Waals surface area contributed by atoms with Gasteiger partial charge in [-0.1, -0.05) is 48.5 Å². The minimum absolute atomic E-state index is 0.148. The Hall–Kier alpha value is -2.26. The number of hydrogen-bond acceptors (Lipinski definition) is 3. The fraction of sp³-hybridized carbons (Fsp3) is 0.176. The molecule has 1 aliphatic rings. The summed E-state index contributed by atoms with van der Waals surface area (Å²) < 4.78 is 0. The maximum absolute atomic E-state index is 6.41. The third kappa shape index (κ3) is 2.17. The number of nitrogens with two attached hydrogens (primary N) is 1. The van der Waals surface area contributed by atoms with Crippen LogP contribution in [-0.4, -0.2) is 12.8 Å². The summed E-state index contributed by atoms with van der Waals surface area (Å²) in [5.41, 5.74) is 10.0. The van der Waals surface area contributed by atoms with Crippen molar-refractivity contribution in [2.75, 3.05) is 16.3 Å². The number of para-hydroxylation sites is 2. The molecule has 0 aromatic heterocycles. The van der Waals surface area contributed by atoms with Gasteiger partial charge < -0.3 is 9.80 Å². The molecule has 0 bridgehead atoms. The zero-order valence-corrected chi connectivity index (χ0v) is 11.4. The fourth-order valence-corrected chi connectivity index (χ4v) is 2.71. The molecule has 3 heteroatoms. The lowest BCUT2D eigenvalue weighted by atomic mass is 10.2. The van der Waals surface area contributed by atoms with Crippen molar-refractivity contribution in [3.8, 4) is 0 Å². The highest BCUT2D eigenvalue weighted by Crippen LogP contribution is 2.38. The second-order valence-corrected chi connectivity index (χ2v) is 4.96. The van der Waals surface area contributed by atoms with Crippen LogP contribution in [0.5, 0.6) is 0 Å². The van der Waals surface area contributed by atoms with Gasteiger partial charge in [0.25, 0.3) is 0 Å². The Morgan fingerprint density at radius 2 is 1.55 bits per heavy atom. The van der Waals surface area contributed by atoms with Crippen LogP contribution in [0, 0.1) is 0 Å². The Kier molecular flexibility index (Phi) is 3.44. The summed E-state index contributed by atoms with van der Waals surface area (Å²) in [6.07, 6.45) is 1.74. The van der Waals surface area contributed by atoms with Gasteiger partial charge in [-0.2, -0.15) is 0 Å². The summed E-state index contributed by atoms with van der Waals surface area (Å²) in [5, 5.41) is 0. The van der Waals surface area contributed by atoms with E-state index in [0.29, 0.717) is 0 Å². The van der Waals surface area contributed by atoms with Gasteiger partial charge in [-0.05, 0) is 17.7 Å². The van der Waals surface area contributed by atoms with Gasteiger partial charge in [0.1, 0.15) is 0 Å². The molecule has 2 aromatic rings. The van der Waals surface area contributed by atoms with Crippen molar-refractivity contribution in [2.24, 2.45) is 5.73 Å².